The number of halogens is 1. The summed E-state index contributed by atoms with van der Waals surface area (Å²) in [6.45, 7) is 8.26. The van der Waals surface area contributed by atoms with Gasteiger partial charge < -0.3 is 19.9 Å². The number of hydrogen-bond donors (Lipinski definition) is 1. The molecule has 34 heavy (non-hydrogen) atoms. The van der Waals surface area contributed by atoms with Crippen molar-refractivity contribution in [2.45, 2.75) is 38.6 Å². The lowest BCUT2D eigenvalue weighted by Crippen LogP contribution is -2.49. The molecule has 2 unspecified atom stereocenters. The maximum atomic E-state index is 13.7. The Morgan fingerprint density at radius 3 is 2.38 bits per heavy atom. The van der Waals surface area contributed by atoms with Gasteiger partial charge in [0.25, 0.3) is 5.91 Å². The number of nitrogens with zero attached hydrogens (tertiary/aromatic N) is 2. The summed E-state index contributed by atoms with van der Waals surface area (Å²) >= 11 is 0. The maximum absolute atomic E-state index is 13.7. The fourth-order valence-electron chi connectivity index (χ4n) is 4.76. The molecule has 2 aromatic rings. The van der Waals surface area contributed by atoms with E-state index in [-0.39, 0.29) is 17.6 Å². The molecule has 1 aliphatic rings. The van der Waals surface area contributed by atoms with Crippen molar-refractivity contribution in [3.8, 4) is 0 Å². The van der Waals surface area contributed by atoms with Gasteiger partial charge in [-0.15, -0.1) is 0 Å². The number of benzene rings is 2. The number of hydrogen-bond acceptors (Lipinski definition) is 4. The third-order valence-electron chi connectivity index (χ3n) is 6.28. The van der Waals surface area contributed by atoms with Gasteiger partial charge in [-0.1, -0.05) is 44.2 Å². The Morgan fingerprint density at radius 2 is 1.74 bits per heavy atom. The summed E-state index contributed by atoms with van der Waals surface area (Å²) in [7, 11) is 1.58. The second-order valence-corrected chi connectivity index (χ2v) is 8.69. The molecule has 0 bridgehead atoms. The van der Waals surface area contributed by atoms with E-state index in [9.17, 15) is 14.0 Å². The van der Waals surface area contributed by atoms with Crippen molar-refractivity contribution in [3.05, 3.63) is 71.0 Å². The molecule has 184 valence electrons. The Morgan fingerprint density at radius 1 is 1.06 bits per heavy atom. The zero-order chi connectivity index (χ0) is 24.5. The van der Waals surface area contributed by atoms with Crippen molar-refractivity contribution < 1.29 is 18.7 Å². The highest BCUT2D eigenvalue weighted by Gasteiger charge is 2.43. The van der Waals surface area contributed by atoms with Crippen LogP contribution >= 0.6 is 0 Å². The minimum Gasteiger partial charge on any atom is -0.383 e. The van der Waals surface area contributed by atoms with E-state index in [4.69, 9.17) is 4.74 Å². The molecule has 1 heterocycles. The van der Waals surface area contributed by atoms with E-state index in [1.54, 1.807) is 30.2 Å². The molecule has 2 aromatic carbocycles. The van der Waals surface area contributed by atoms with E-state index in [0.29, 0.717) is 30.8 Å². The molecule has 3 rings (SSSR count). The molecule has 2 atom stereocenters. The molecule has 0 fully saturated rings. The highest BCUT2D eigenvalue weighted by atomic mass is 19.1. The first-order valence-electron chi connectivity index (χ1n) is 12.2. The largest absolute Gasteiger partial charge is 0.383 e. The lowest BCUT2D eigenvalue weighted by molar-refractivity contribution is -0.124. The van der Waals surface area contributed by atoms with Gasteiger partial charge >= 0.3 is 0 Å². The van der Waals surface area contributed by atoms with E-state index in [0.717, 1.165) is 38.0 Å². The number of rotatable bonds is 12. The van der Waals surface area contributed by atoms with Crippen LogP contribution in [0.25, 0.3) is 0 Å². The first kappa shape index (κ1) is 25.8. The van der Waals surface area contributed by atoms with Crippen molar-refractivity contribution in [1.29, 1.82) is 0 Å². The van der Waals surface area contributed by atoms with Crippen LogP contribution in [0.15, 0.2) is 48.5 Å². The van der Waals surface area contributed by atoms with Gasteiger partial charge in [0.15, 0.2) is 0 Å². The Labute approximate surface area is 202 Å². The summed E-state index contributed by atoms with van der Waals surface area (Å²) in [4.78, 5) is 31.1. The maximum Gasteiger partial charge on any atom is 0.254 e. The molecular weight excluding hydrogens is 433 g/mol. The van der Waals surface area contributed by atoms with Crippen LogP contribution in [0.4, 0.5) is 4.39 Å². The van der Waals surface area contributed by atoms with Crippen molar-refractivity contribution in [3.63, 3.8) is 0 Å². The average Bonchev–Trinajstić information content (AvgIpc) is 2.84. The van der Waals surface area contributed by atoms with Gasteiger partial charge in [0, 0.05) is 32.3 Å². The Balaban J connectivity index is 1.94. The molecule has 6 nitrogen and oxygen atoms in total. The van der Waals surface area contributed by atoms with Crippen LogP contribution in [0.1, 0.15) is 60.1 Å². The van der Waals surface area contributed by atoms with Crippen LogP contribution in [0, 0.1) is 5.82 Å². The highest BCUT2D eigenvalue weighted by molar-refractivity contribution is 6.01. The van der Waals surface area contributed by atoms with Crippen molar-refractivity contribution in [2.75, 3.05) is 46.4 Å². The van der Waals surface area contributed by atoms with Gasteiger partial charge in [0.1, 0.15) is 5.82 Å². The molecule has 0 aliphatic carbocycles. The fourth-order valence-corrected chi connectivity index (χ4v) is 4.76. The molecule has 0 radical (unpaired) electrons. The average molecular weight is 470 g/mol. The zero-order valence-corrected chi connectivity index (χ0v) is 20.4. The highest BCUT2D eigenvalue weighted by Crippen LogP contribution is 2.42. The molecule has 7 heteroatoms. The van der Waals surface area contributed by atoms with Gasteiger partial charge in [-0.05, 0) is 55.3 Å². The van der Waals surface area contributed by atoms with Crippen molar-refractivity contribution in [2.24, 2.45) is 0 Å². The minimum absolute atomic E-state index is 0.135. The van der Waals surface area contributed by atoms with Gasteiger partial charge in [0.2, 0.25) is 5.91 Å². The van der Waals surface area contributed by atoms with E-state index in [1.807, 2.05) is 18.2 Å². The lowest BCUT2D eigenvalue weighted by atomic mass is 9.79. The van der Waals surface area contributed by atoms with E-state index < -0.39 is 12.0 Å². The summed E-state index contributed by atoms with van der Waals surface area (Å²) in [5.41, 5.74) is 1.95. The summed E-state index contributed by atoms with van der Waals surface area (Å²) in [5, 5.41) is 3.12. The van der Waals surface area contributed by atoms with Crippen LogP contribution in [-0.2, 0) is 9.53 Å². The first-order valence-corrected chi connectivity index (χ1v) is 12.2. The normalized spacial score (nSPS) is 17.7. The van der Waals surface area contributed by atoms with Crippen LogP contribution in [0.5, 0.6) is 0 Å². The Bertz CT molecular complexity index is 944. The predicted octanol–water partition coefficient (Wildman–Crippen LogP) is 3.99. The summed E-state index contributed by atoms with van der Waals surface area (Å²) in [6, 6.07) is 12.8. The molecule has 0 aromatic heterocycles. The lowest BCUT2D eigenvalue weighted by Gasteiger charge is -2.41. The van der Waals surface area contributed by atoms with Crippen LogP contribution in [0.3, 0.4) is 0 Å². The Hall–Kier alpha value is -2.77. The third kappa shape index (κ3) is 6.02. The second-order valence-electron chi connectivity index (χ2n) is 8.69. The number of methoxy groups -OCH3 is 1. The monoisotopic (exact) mass is 469 g/mol. The van der Waals surface area contributed by atoms with Gasteiger partial charge in [-0.3, -0.25) is 9.59 Å². The molecule has 1 N–H and O–H groups in total. The van der Waals surface area contributed by atoms with Gasteiger partial charge in [-0.25, -0.2) is 4.39 Å². The van der Waals surface area contributed by atoms with Crippen LogP contribution < -0.4 is 5.32 Å². The molecule has 0 saturated heterocycles. The molecule has 2 amide bonds. The van der Waals surface area contributed by atoms with E-state index in [1.165, 1.54) is 12.1 Å². The van der Waals surface area contributed by atoms with Crippen LogP contribution in [-0.4, -0.2) is 68.1 Å². The van der Waals surface area contributed by atoms with Crippen LogP contribution in [0.2, 0.25) is 0 Å². The predicted molar refractivity (Wildman–Crippen MR) is 131 cm³/mol. The van der Waals surface area contributed by atoms with Crippen molar-refractivity contribution in [1.82, 2.24) is 15.1 Å². The Kier molecular flexibility index (Phi) is 9.60. The number of fused-ring (bicyclic) bond motifs is 1. The number of amides is 2. The smallest absolute Gasteiger partial charge is 0.254 e. The zero-order valence-electron chi connectivity index (χ0n) is 20.4. The standard InChI is InChI=1S/C27H36FN3O3/c1-4-15-30(16-5-2)17-14-29-26(32)24-22-8-6-7-9-23(22)27(33)31(18-19-34-3)25(24)20-10-12-21(28)13-11-20/h6-13,24-25H,4-5,14-19H2,1-3H3,(H,29,32). The topological polar surface area (TPSA) is 61.9 Å². The fraction of sp³-hybridized carbons (Fsp3) is 0.481. The summed E-state index contributed by atoms with van der Waals surface area (Å²) in [5.74, 6) is -1.25. The minimum atomic E-state index is -0.609. The second kappa shape index (κ2) is 12.6. The molecule has 1 aliphatic heterocycles. The number of carbonyl (C=O) groups is 2. The van der Waals surface area contributed by atoms with Gasteiger partial charge in [0.05, 0.1) is 18.6 Å². The summed E-state index contributed by atoms with van der Waals surface area (Å²) in [6.07, 6.45) is 2.13. The number of ether oxygens (including phenoxy) is 1. The van der Waals surface area contributed by atoms with Gasteiger partial charge in [-0.2, -0.15) is 0 Å². The molecule has 0 spiro atoms. The third-order valence-corrected chi connectivity index (χ3v) is 6.28. The van der Waals surface area contributed by atoms with E-state index in [2.05, 4.69) is 24.1 Å². The number of carbonyl (C=O) groups excluding carboxylic acids is 2. The summed E-state index contributed by atoms with van der Waals surface area (Å²) < 4.78 is 19.0. The van der Waals surface area contributed by atoms with E-state index >= 15 is 0 Å². The molecular formula is C27H36FN3O3. The number of nitrogens with one attached hydrogen (secondary N) is 1. The first-order chi connectivity index (χ1) is 16.5. The molecule has 0 saturated carbocycles. The van der Waals surface area contributed by atoms with Crippen molar-refractivity contribution >= 4 is 11.8 Å². The SMILES string of the molecule is CCCN(CCC)CCNC(=O)C1c2ccccc2C(=O)N(CCOC)C1c1ccc(F)cc1. The quantitative estimate of drug-likeness (QED) is 0.511.